The van der Waals surface area contributed by atoms with E-state index in [9.17, 15) is 9.59 Å². The summed E-state index contributed by atoms with van der Waals surface area (Å²) in [6.45, 7) is 0.434. The van der Waals surface area contributed by atoms with Crippen molar-refractivity contribution < 1.29 is 9.59 Å². The van der Waals surface area contributed by atoms with Crippen LogP contribution >= 0.6 is 12.4 Å². The molecule has 1 saturated heterocycles. The average molecular weight is 304 g/mol. The molecule has 1 heterocycles. The van der Waals surface area contributed by atoms with E-state index in [1.165, 1.54) is 25.7 Å². The van der Waals surface area contributed by atoms with Gasteiger partial charge in [0.15, 0.2) is 0 Å². The van der Waals surface area contributed by atoms with Crippen molar-refractivity contribution in [3.8, 4) is 0 Å². The lowest BCUT2D eigenvalue weighted by molar-refractivity contribution is -0.128. The SMILES string of the molecule is CN(C)C(=O)CCNC(=O)C1CC2CCCCC2N1.Cl. The number of nitrogens with zero attached hydrogens (tertiary/aromatic N) is 1. The number of hydrogen-bond donors (Lipinski definition) is 2. The van der Waals surface area contributed by atoms with Gasteiger partial charge >= 0.3 is 0 Å². The van der Waals surface area contributed by atoms with E-state index in [1.54, 1.807) is 19.0 Å². The summed E-state index contributed by atoms with van der Waals surface area (Å²) >= 11 is 0. The molecule has 2 amide bonds. The minimum absolute atomic E-state index is 0. The number of amides is 2. The lowest BCUT2D eigenvalue weighted by Gasteiger charge is -2.24. The Bertz CT molecular complexity index is 335. The summed E-state index contributed by atoms with van der Waals surface area (Å²) in [6.07, 6.45) is 6.36. The Kier molecular flexibility index (Phi) is 6.76. The first-order chi connectivity index (χ1) is 9.08. The van der Waals surface area contributed by atoms with Gasteiger partial charge in [0.25, 0.3) is 0 Å². The van der Waals surface area contributed by atoms with Crippen molar-refractivity contribution in [2.24, 2.45) is 5.92 Å². The molecule has 0 spiro atoms. The van der Waals surface area contributed by atoms with Crippen LogP contribution in [-0.2, 0) is 9.59 Å². The number of nitrogens with one attached hydrogen (secondary N) is 2. The molecule has 2 fully saturated rings. The van der Waals surface area contributed by atoms with Crippen LogP contribution in [0.4, 0.5) is 0 Å². The van der Waals surface area contributed by atoms with Gasteiger partial charge in [-0.3, -0.25) is 9.59 Å². The van der Waals surface area contributed by atoms with E-state index in [0.29, 0.717) is 24.9 Å². The third-order valence-corrected chi connectivity index (χ3v) is 4.32. The van der Waals surface area contributed by atoms with Gasteiger partial charge in [-0.15, -0.1) is 12.4 Å². The quantitative estimate of drug-likeness (QED) is 0.812. The van der Waals surface area contributed by atoms with Crippen LogP contribution in [0.3, 0.4) is 0 Å². The van der Waals surface area contributed by atoms with Crippen molar-refractivity contribution in [3.05, 3.63) is 0 Å². The molecular formula is C14H26ClN3O2. The summed E-state index contributed by atoms with van der Waals surface area (Å²) < 4.78 is 0. The molecule has 5 nitrogen and oxygen atoms in total. The van der Waals surface area contributed by atoms with Crippen LogP contribution in [0.2, 0.25) is 0 Å². The second-order valence-electron chi connectivity index (χ2n) is 5.94. The molecule has 0 aromatic heterocycles. The molecule has 20 heavy (non-hydrogen) atoms. The lowest BCUT2D eigenvalue weighted by atomic mass is 9.85. The van der Waals surface area contributed by atoms with Gasteiger partial charge in [-0.25, -0.2) is 0 Å². The first-order valence-electron chi connectivity index (χ1n) is 7.32. The van der Waals surface area contributed by atoms with Gasteiger partial charge < -0.3 is 15.5 Å². The Balaban J connectivity index is 0.00000200. The Morgan fingerprint density at radius 3 is 2.60 bits per heavy atom. The average Bonchev–Trinajstić information content (AvgIpc) is 2.82. The molecule has 0 aromatic rings. The van der Waals surface area contributed by atoms with Gasteiger partial charge in [0.05, 0.1) is 6.04 Å². The zero-order valence-corrected chi connectivity index (χ0v) is 13.2. The zero-order chi connectivity index (χ0) is 13.8. The maximum Gasteiger partial charge on any atom is 0.237 e. The highest BCUT2D eigenvalue weighted by Crippen LogP contribution is 2.33. The van der Waals surface area contributed by atoms with E-state index in [1.807, 2.05) is 0 Å². The number of hydrogen-bond acceptors (Lipinski definition) is 3. The topological polar surface area (TPSA) is 61.4 Å². The normalized spacial score (nSPS) is 28.2. The minimum Gasteiger partial charge on any atom is -0.354 e. The molecule has 1 saturated carbocycles. The highest BCUT2D eigenvalue weighted by Gasteiger charge is 2.37. The second kappa shape index (κ2) is 7.84. The zero-order valence-electron chi connectivity index (χ0n) is 12.4. The van der Waals surface area contributed by atoms with Crippen molar-refractivity contribution >= 4 is 24.2 Å². The smallest absolute Gasteiger partial charge is 0.237 e. The van der Waals surface area contributed by atoms with Crippen molar-refractivity contribution in [1.29, 1.82) is 0 Å². The maximum atomic E-state index is 12.0. The molecule has 2 N–H and O–H groups in total. The molecule has 116 valence electrons. The third kappa shape index (κ3) is 4.35. The first-order valence-corrected chi connectivity index (χ1v) is 7.32. The largest absolute Gasteiger partial charge is 0.354 e. The number of rotatable bonds is 4. The van der Waals surface area contributed by atoms with Crippen molar-refractivity contribution in [2.75, 3.05) is 20.6 Å². The molecule has 1 aliphatic heterocycles. The second-order valence-corrected chi connectivity index (χ2v) is 5.94. The predicted molar refractivity (Wildman–Crippen MR) is 80.9 cm³/mol. The summed E-state index contributed by atoms with van der Waals surface area (Å²) in [4.78, 5) is 25.0. The Morgan fingerprint density at radius 2 is 1.95 bits per heavy atom. The van der Waals surface area contributed by atoms with Crippen LogP contribution in [0.1, 0.15) is 38.5 Å². The number of halogens is 1. The number of carbonyl (C=O) groups is 2. The molecular weight excluding hydrogens is 278 g/mol. The van der Waals surface area contributed by atoms with E-state index in [-0.39, 0.29) is 30.3 Å². The monoisotopic (exact) mass is 303 g/mol. The fourth-order valence-electron chi connectivity index (χ4n) is 3.16. The van der Waals surface area contributed by atoms with Crippen molar-refractivity contribution in [2.45, 2.75) is 50.6 Å². The third-order valence-electron chi connectivity index (χ3n) is 4.32. The standard InChI is InChI=1S/C14H25N3O2.ClH/c1-17(2)13(18)7-8-15-14(19)12-9-10-5-3-4-6-11(10)16-12;/h10-12,16H,3-9H2,1-2H3,(H,15,19);1H. The number of fused-ring (bicyclic) bond motifs is 1. The van der Waals surface area contributed by atoms with Crippen LogP contribution in [0.15, 0.2) is 0 Å². The molecule has 6 heteroatoms. The van der Waals surface area contributed by atoms with E-state index < -0.39 is 0 Å². The highest BCUT2D eigenvalue weighted by atomic mass is 35.5. The summed E-state index contributed by atoms with van der Waals surface area (Å²) in [5.74, 6) is 0.780. The summed E-state index contributed by atoms with van der Waals surface area (Å²) in [5, 5.41) is 6.32. The van der Waals surface area contributed by atoms with Crippen LogP contribution in [-0.4, -0.2) is 49.4 Å². The van der Waals surface area contributed by atoms with Gasteiger partial charge in [-0.1, -0.05) is 12.8 Å². The van der Waals surface area contributed by atoms with Crippen LogP contribution < -0.4 is 10.6 Å². The van der Waals surface area contributed by atoms with Crippen molar-refractivity contribution in [3.63, 3.8) is 0 Å². The molecule has 2 rings (SSSR count). The van der Waals surface area contributed by atoms with E-state index in [4.69, 9.17) is 0 Å². The van der Waals surface area contributed by atoms with Gasteiger partial charge in [0.2, 0.25) is 11.8 Å². The highest BCUT2D eigenvalue weighted by molar-refractivity contribution is 5.85. The van der Waals surface area contributed by atoms with Gasteiger partial charge in [0, 0.05) is 33.1 Å². The summed E-state index contributed by atoms with van der Waals surface area (Å²) in [7, 11) is 3.46. The molecule has 3 unspecified atom stereocenters. The molecule has 1 aliphatic carbocycles. The first kappa shape index (κ1) is 17.2. The molecule has 0 radical (unpaired) electrons. The number of carbonyl (C=O) groups excluding carboxylic acids is 2. The van der Waals surface area contributed by atoms with Gasteiger partial charge in [0.1, 0.15) is 0 Å². The molecule has 0 aromatic carbocycles. The fourth-order valence-corrected chi connectivity index (χ4v) is 3.16. The summed E-state index contributed by atoms with van der Waals surface area (Å²) in [6, 6.07) is 0.482. The van der Waals surface area contributed by atoms with Gasteiger partial charge in [-0.05, 0) is 25.2 Å². The Labute approximate surface area is 127 Å². The summed E-state index contributed by atoms with van der Waals surface area (Å²) in [5.41, 5.74) is 0. The fraction of sp³-hybridized carbons (Fsp3) is 0.857. The van der Waals surface area contributed by atoms with Crippen LogP contribution in [0.5, 0.6) is 0 Å². The molecule has 2 aliphatic rings. The van der Waals surface area contributed by atoms with Gasteiger partial charge in [-0.2, -0.15) is 0 Å². The maximum absolute atomic E-state index is 12.0. The van der Waals surface area contributed by atoms with Crippen molar-refractivity contribution in [1.82, 2.24) is 15.5 Å². The molecule has 0 bridgehead atoms. The van der Waals surface area contributed by atoms with E-state index >= 15 is 0 Å². The van der Waals surface area contributed by atoms with Crippen LogP contribution in [0, 0.1) is 5.92 Å². The lowest BCUT2D eigenvalue weighted by Crippen LogP contribution is -2.44. The predicted octanol–water partition coefficient (Wildman–Crippen LogP) is 0.923. The van der Waals surface area contributed by atoms with Crippen LogP contribution in [0.25, 0.3) is 0 Å². The molecule has 3 atom stereocenters. The Morgan fingerprint density at radius 1 is 1.25 bits per heavy atom. The van der Waals surface area contributed by atoms with E-state index in [2.05, 4.69) is 10.6 Å². The Hall–Kier alpha value is -0.810. The minimum atomic E-state index is -0.0532. The van der Waals surface area contributed by atoms with E-state index in [0.717, 1.165) is 6.42 Å².